The molecule has 1 aliphatic rings. The van der Waals surface area contributed by atoms with Gasteiger partial charge >= 0.3 is 0 Å². The number of rotatable bonds is 0. The van der Waals surface area contributed by atoms with Gasteiger partial charge in [0.1, 0.15) is 0 Å². The van der Waals surface area contributed by atoms with Crippen molar-refractivity contribution in [2.75, 3.05) is 5.32 Å². The molecule has 1 N–H and O–H groups in total. The van der Waals surface area contributed by atoms with E-state index in [1.165, 1.54) is 16.8 Å². The summed E-state index contributed by atoms with van der Waals surface area (Å²) in [6, 6.07) is 6.49. The average molecular weight is 173 g/mol. The summed E-state index contributed by atoms with van der Waals surface area (Å²) < 4.78 is 0. The molecule has 0 saturated heterocycles. The summed E-state index contributed by atoms with van der Waals surface area (Å²) in [5, 5.41) is 3.48. The van der Waals surface area contributed by atoms with E-state index in [9.17, 15) is 0 Å². The van der Waals surface area contributed by atoms with Crippen molar-refractivity contribution < 1.29 is 0 Å². The maximum absolute atomic E-state index is 3.48. The normalized spacial score (nSPS) is 17.8. The van der Waals surface area contributed by atoms with Crippen molar-refractivity contribution in [3.63, 3.8) is 0 Å². The first kappa shape index (κ1) is 8.36. The molecule has 1 heteroatoms. The quantitative estimate of drug-likeness (QED) is 0.635. The average Bonchev–Trinajstić information content (AvgIpc) is 2.05. The van der Waals surface area contributed by atoms with E-state index in [1.807, 2.05) is 0 Å². The highest BCUT2D eigenvalue weighted by molar-refractivity contribution is 5.72. The highest BCUT2D eigenvalue weighted by Crippen LogP contribution is 2.28. The van der Waals surface area contributed by atoms with Crippen molar-refractivity contribution in [1.29, 1.82) is 0 Å². The number of hydrogen-bond donors (Lipinski definition) is 1. The van der Waals surface area contributed by atoms with E-state index in [1.54, 1.807) is 0 Å². The Morgan fingerprint density at radius 2 is 2.00 bits per heavy atom. The second-order valence-electron chi connectivity index (χ2n) is 4.27. The third-order valence-electron chi connectivity index (χ3n) is 2.34. The summed E-state index contributed by atoms with van der Waals surface area (Å²) in [6.07, 6.45) is 4.40. The SMILES string of the molecule is Cc1ccc2c(c1)C=CC(C)(C)N2. The summed E-state index contributed by atoms with van der Waals surface area (Å²) in [5.74, 6) is 0. The van der Waals surface area contributed by atoms with Crippen LogP contribution in [-0.4, -0.2) is 5.54 Å². The number of hydrogen-bond acceptors (Lipinski definition) is 1. The molecule has 1 aromatic rings. The molecule has 0 radical (unpaired) electrons. The molecule has 0 amide bonds. The molecule has 0 atom stereocenters. The van der Waals surface area contributed by atoms with Crippen molar-refractivity contribution >= 4 is 11.8 Å². The Kier molecular flexibility index (Phi) is 1.69. The molecule has 0 spiro atoms. The van der Waals surface area contributed by atoms with Gasteiger partial charge in [-0.15, -0.1) is 0 Å². The fourth-order valence-corrected chi connectivity index (χ4v) is 1.62. The Bertz CT molecular complexity index is 361. The van der Waals surface area contributed by atoms with Crippen LogP contribution < -0.4 is 5.32 Å². The van der Waals surface area contributed by atoms with Gasteiger partial charge < -0.3 is 5.32 Å². The van der Waals surface area contributed by atoms with E-state index >= 15 is 0 Å². The summed E-state index contributed by atoms with van der Waals surface area (Å²) in [5.41, 5.74) is 3.92. The summed E-state index contributed by atoms with van der Waals surface area (Å²) >= 11 is 0. The molecular formula is C12H15N. The van der Waals surface area contributed by atoms with Crippen LogP contribution in [0.3, 0.4) is 0 Å². The fourth-order valence-electron chi connectivity index (χ4n) is 1.62. The zero-order valence-electron chi connectivity index (χ0n) is 8.39. The Morgan fingerprint density at radius 1 is 1.23 bits per heavy atom. The Labute approximate surface area is 79.5 Å². The van der Waals surface area contributed by atoms with Gasteiger partial charge in [-0.3, -0.25) is 0 Å². The van der Waals surface area contributed by atoms with E-state index in [2.05, 4.69) is 56.4 Å². The van der Waals surface area contributed by atoms with E-state index in [-0.39, 0.29) is 5.54 Å². The fraction of sp³-hybridized carbons (Fsp3) is 0.333. The van der Waals surface area contributed by atoms with E-state index in [0.717, 1.165) is 0 Å². The molecule has 0 saturated carbocycles. The first-order valence-corrected chi connectivity index (χ1v) is 4.65. The van der Waals surface area contributed by atoms with Gasteiger partial charge in [0.25, 0.3) is 0 Å². The molecule has 13 heavy (non-hydrogen) atoms. The lowest BCUT2D eigenvalue weighted by atomic mass is 9.96. The first-order chi connectivity index (χ1) is 6.07. The minimum Gasteiger partial charge on any atom is -0.376 e. The molecule has 1 aliphatic heterocycles. The molecule has 2 rings (SSSR count). The molecule has 1 heterocycles. The van der Waals surface area contributed by atoms with Crippen molar-refractivity contribution in [3.05, 3.63) is 35.4 Å². The predicted molar refractivity (Wildman–Crippen MR) is 57.9 cm³/mol. The van der Waals surface area contributed by atoms with E-state index < -0.39 is 0 Å². The molecule has 1 aromatic carbocycles. The van der Waals surface area contributed by atoms with Gasteiger partial charge in [0.05, 0.1) is 5.54 Å². The number of anilines is 1. The minimum atomic E-state index is 0.0856. The second kappa shape index (κ2) is 2.63. The molecule has 0 unspecified atom stereocenters. The largest absolute Gasteiger partial charge is 0.376 e. The zero-order chi connectivity index (χ0) is 9.47. The van der Waals surface area contributed by atoms with Gasteiger partial charge in [0.2, 0.25) is 0 Å². The number of fused-ring (bicyclic) bond motifs is 1. The van der Waals surface area contributed by atoms with Crippen molar-refractivity contribution in [1.82, 2.24) is 0 Å². The van der Waals surface area contributed by atoms with Crippen LogP contribution in [0.5, 0.6) is 0 Å². The Balaban J connectivity index is 2.47. The molecular weight excluding hydrogens is 158 g/mol. The van der Waals surface area contributed by atoms with Crippen LogP contribution in [0.2, 0.25) is 0 Å². The van der Waals surface area contributed by atoms with E-state index in [0.29, 0.717) is 0 Å². The summed E-state index contributed by atoms with van der Waals surface area (Å²) in [6.45, 7) is 6.46. The van der Waals surface area contributed by atoms with Crippen molar-refractivity contribution in [2.24, 2.45) is 0 Å². The second-order valence-corrected chi connectivity index (χ2v) is 4.27. The topological polar surface area (TPSA) is 12.0 Å². The maximum Gasteiger partial charge on any atom is 0.0503 e. The standard InChI is InChI=1S/C12H15N/c1-9-4-5-11-10(8-9)6-7-12(2,3)13-11/h4-8,13H,1-3H3. The van der Waals surface area contributed by atoms with Gasteiger partial charge in [-0.05, 0) is 38.5 Å². The highest BCUT2D eigenvalue weighted by atomic mass is 15.0. The van der Waals surface area contributed by atoms with Gasteiger partial charge in [0, 0.05) is 5.69 Å². The summed E-state index contributed by atoms with van der Waals surface area (Å²) in [7, 11) is 0. The number of benzene rings is 1. The van der Waals surface area contributed by atoms with Crippen LogP contribution in [0.25, 0.3) is 6.08 Å². The molecule has 0 aliphatic carbocycles. The highest BCUT2D eigenvalue weighted by Gasteiger charge is 2.18. The first-order valence-electron chi connectivity index (χ1n) is 4.65. The number of aryl methyl sites for hydroxylation is 1. The Morgan fingerprint density at radius 3 is 2.77 bits per heavy atom. The third-order valence-corrected chi connectivity index (χ3v) is 2.34. The maximum atomic E-state index is 3.48. The summed E-state index contributed by atoms with van der Waals surface area (Å²) in [4.78, 5) is 0. The van der Waals surface area contributed by atoms with Gasteiger partial charge in [-0.1, -0.05) is 23.8 Å². The van der Waals surface area contributed by atoms with E-state index in [4.69, 9.17) is 0 Å². The lowest BCUT2D eigenvalue weighted by Gasteiger charge is -2.29. The van der Waals surface area contributed by atoms with Crippen LogP contribution in [-0.2, 0) is 0 Å². The lowest BCUT2D eigenvalue weighted by Crippen LogP contribution is -2.30. The molecule has 0 aromatic heterocycles. The smallest absolute Gasteiger partial charge is 0.0503 e. The molecule has 0 bridgehead atoms. The molecule has 68 valence electrons. The van der Waals surface area contributed by atoms with Crippen molar-refractivity contribution in [3.8, 4) is 0 Å². The molecule has 1 nitrogen and oxygen atoms in total. The minimum absolute atomic E-state index is 0.0856. The van der Waals surface area contributed by atoms with Gasteiger partial charge in [-0.25, -0.2) is 0 Å². The third kappa shape index (κ3) is 1.59. The van der Waals surface area contributed by atoms with Crippen molar-refractivity contribution in [2.45, 2.75) is 26.3 Å². The van der Waals surface area contributed by atoms with Gasteiger partial charge in [0.15, 0.2) is 0 Å². The van der Waals surface area contributed by atoms with Crippen LogP contribution in [0.4, 0.5) is 5.69 Å². The van der Waals surface area contributed by atoms with Crippen LogP contribution >= 0.6 is 0 Å². The Hall–Kier alpha value is -1.24. The number of nitrogens with one attached hydrogen (secondary N) is 1. The molecule has 0 fully saturated rings. The monoisotopic (exact) mass is 173 g/mol. The van der Waals surface area contributed by atoms with Crippen LogP contribution in [0, 0.1) is 6.92 Å². The van der Waals surface area contributed by atoms with Gasteiger partial charge in [-0.2, -0.15) is 0 Å². The van der Waals surface area contributed by atoms with Crippen LogP contribution in [0.1, 0.15) is 25.0 Å². The lowest BCUT2D eigenvalue weighted by molar-refractivity contribution is 0.711. The zero-order valence-corrected chi connectivity index (χ0v) is 8.39. The predicted octanol–water partition coefficient (Wildman–Crippen LogP) is 3.21. The van der Waals surface area contributed by atoms with Crippen LogP contribution in [0.15, 0.2) is 24.3 Å².